The minimum atomic E-state index is -0.257. The number of carbonyl (C=O) groups excluding carboxylic acids is 2. The van der Waals surface area contributed by atoms with E-state index in [0.29, 0.717) is 17.9 Å². The van der Waals surface area contributed by atoms with Crippen LogP contribution in [0.4, 0.5) is 0 Å². The van der Waals surface area contributed by atoms with Crippen LogP contribution in [-0.2, 0) is 11.3 Å². The van der Waals surface area contributed by atoms with Gasteiger partial charge in [0.1, 0.15) is 12.1 Å². The van der Waals surface area contributed by atoms with Crippen LogP contribution in [0.25, 0.3) is 0 Å². The van der Waals surface area contributed by atoms with Crippen LogP contribution < -0.4 is 10.6 Å². The van der Waals surface area contributed by atoms with Crippen molar-refractivity contribution in [2.75, 3.05) is 6.54 Å². The summed E-state index contributed by atoms with van der Waals surface area (Å²) < 4.78 is 4.79. The van der Waals surface area contributed by atoms with E-state index in [2.05, 4.69) is 20.6 Å². The maximum absolute atomic E-state index is 11.5. The first-order valence-corrected chi connectivity index (χ1v) is 5.81. The van der Waals surface area contributed by atoms with E-state index < -0.39 is 0 Å². The average Bonchev–Trinajstić information content (AvgIpc) is 3.09. The Hall–Kier alpha value is -2.57. The van der Waals surface area contributed by atoms with E-state index in [4.69, 9.17) is 4.42 Å². The summed E-state index contributed by atoms with van der Waals surface area (Å²) in [5.74, 6) is 0.285. The Morgan fingerprint density at radius 3 is 2.95 bits per heavy atom. The number of furan rings is 1. The average molecular weight is 262 g/mol. The van der Waals surface area contributed by atoms with Crippen molar-refractivity contribution in [3.63, 3.8) is 0 Å². The molecule has 7 heteroatoms. The summed E-state index contributed by atoms with van der Waals surface area (Å²) in [4.78, 5) is 29.9. The van der Waals surface area contributed by atoms with Crippen molar-refractivity contribution in [2.45, 2.75) is 13.0 Å². The molecule has 100 valence electrons. The van der Waals surface area contributed by atoms with Crippen molar-refractivity contribution in [1.82, 2.24) is 20.6 Å². The lowest BCUT2D eigenvalue weighted by Gasteiger charge is -2.04. The van der Waals surface area contributed by atoms with Gasteiger partial charge in [0.05, 0.1) is 18.4 Å². The van der Waals surface area contributed by atoms with Crippen molar-refractivity contribution in [1.29, 1.82) is 0 Å². The minimum absolute atomic E-state index is 0.149. The number of nitrogens with zero attached hydrogens (tertiary/aromatic N) is 1. The Balaban J connectivity index is 1.63. The fourth-order valence-corrected chi connectivity index (χ4v) is 1.45. The molecule has 0 bridgehead atoms. The third kappa shape index (κ3) is 3.98. The smallest absolute Gasteiger partial charge is 0.254 e. The van der Waals surface area contributed by atoms with E-state index in [1.54, 1.807) is 18.5 Å². The van der Waals surface area contributed by atoms with Crippen molar-refractivity contribution >= 4 is 11.8 Å². The molecule has 0 fully saturated rings. The lowest BCUT2D eigenvalue weighted by Crippen LogP contribution is -2.30. The zero-order valence-electron chi connectivity index (χ0n) is 10.2. The highest BCUT2D eigenvalue weighted by molar-refractivity contribution is 5.93. The number of amides is 2. The molecule has 3 N–H and O–H groups in total. The van der Waals surface area contributed by atoms with Gasteiger partial charge in [-0.1, -0.05) is 0 Å². The monoisotopic (exact) mass is 262 g/mol. The molecule has 2 heterocycles. The maximum atomic E-state index is 11.5. The Bertz CT molecular complexity index is 519. The molecule has 0 radical (unpaired) electrons. The normalized spacial score (nSPS) is 10.1. The second-order valence-electron chi connectivity index (χ2n) is 3.83. The number of imidazole rings is 1. The Morgan fingerprint density at radius 1 is 1.37 bits per heavy atom. The van der Waals surface area contributed by atoms with Gasteiger partial charge in [-0.15, -0.1) is 0 Å². The minimum Gasteiger partial charge on any atom is -0.472 e. The summed E-state index contributed by atoms with van der Waals surface area (Å²) in [5.41, 5.74) is 0.441. The number of hydrogen-bond acceptors (Lipinski definition) is 4. The highest BCUT2D eigenvalue weighted by atomic mass is 16.3. The number of nitrogens with one attached hydrogen (secondary N) is 3. The second kappa shape index (κ2) is 6.39. The first kappa shape index (κ1) is 12.9. The molecule has 0 aliphatic carbocycles. The van der Waals surface area contributed by atoms with E-state index in [-0.39, 0.29) is 24.8 Å². The van der Waals surface area contributed by atoms with Crippen LogP contribution in [0.15, 0.2) is 35.4 Å². The SMILES string of the molecule is O=C(CCNC(=O)c1ccoc1)NCc1ncc[nH]1. The molecule has 0 atom stereocenters. The van der Waals surface area contributed by atoms with Gasteiger partial charge in [-0.25, -0.2) is 4.98 Å². The third-order valence-corrected chi connectivity index (χ3v) is 2.43. The first-order valence-electron chi connectivity index (χ1n) is 5.81. The molecule has 7 nitrogen and oxygen atoms in total. The first-order chi connectivity index (χ1) is 9.25. The molecule has 0 spiro atoms. The second-order valence-corrected chi connectivity index (χ2v) is 3.83. The summed E-state index contributed by atoms with van der Waals surface area (Å²) in [7, 11) is 0. The number of rotatable bonds is 6. The number of hydrogen-bond donors (Lipinski definition) is 3. The fourth-order valence-electron chi connectivity index (χ4n) is 1.45. The van der Waals surface area contributed by atoms with Crippen molar-refractivity contribution < 1.29 is 14.0 Å². The lowest BCUT2D eigenvalue weighted by molar-refractivity contribution is -0.121. The van der Waals surface area contributed by atoms with Crippen LogP contribution in [0.5, 0.6) is 0 Å². The van der Waals surface area contributed by atoms with Crippen LogP contribution in [0.2, 0.25) is 0 Å². The van der Waals surface area contributed by atoms with Gasteiger partial charge in [-0.2, -0.15) is 0 Å². The standard InChI is InChI=1S/C12H14N4O3/c17-11(16-7-10-13-4-5-14-10)1-3-15-12(18)9-2-6-19-8-9/h2,4-6,8H,1,3,7H2,(H,13,14)(H,15,18)(H,16,17). The topological polar surface area (TPSA) is 100 Å². The van der Waals surface area contributed by atoms with E-state index in [1.165, 1.54) is 12.5 Å². The quantitative estimate of drug-likeness (QED) is 0.703. The molecule has 0 saturated heterocycles. The van der Waals surface area contributed by atoms with Crippen LogP contribution in [0, 0.1) is 0 Å². The fraction of sp³-hybridized carbons (Fsp3) is 0.250. The van der Waals surface area contributed by atoms with Crippen LogP contribution >= 0.6 is 0 Å². The van der Waals surface area contributed by atoms with Gasteiger partial charge >= 0.3 is 0 Å². The lowest BCUT2D eigenvalue weighted by atomic mass is 10.3. The third-order valence-electron chi connectivity index (χ3n) is 2.43. The summed E-state index contributed by atoms with van der Waals surface area (Å²) in [6.45, 7) is 0.621. The van der Waals surface area contributed by atoms with Crippen LogP contribution in [0.3, 0.4) is 0 Å². The molecule has 0 unspecified atom stereocenters. The Morgan fingerprint density at radius 2 is 2.26 bits per heavy atom. The Labute approximate surface area is 109 Å². The summed E-state index contributed by atoms with van der Waals surface area (Å²) >= 11 is 0. The molecule has 0 saturated carbocycles. The van der Waals surface area contributed by atoms with Gasteiger partial charge < -0.3 is 20.0 Å². The highest BCUT2D eigenvalue weighted by Crippen LogP contribution is 1.98. The van der Waals surface area contributed by atoms with Crippen LogP contribution in [-0.4, -0.2) is 28.3 Å². The van der Waals surface area contributed by atoms with Crippen molar-refractivity contribution in [3.8, 4) is 0 Å². The largest absolute Gasteiger partial charge is 0.472 e. The van der Waals surface area contributed by atoms with Gasteiger partial charge in [0.25, 0.3) is 5.91 Å². The molecule has 0 aromatic carbocycles. The van der Waals surface area contributed by atoms with Crippen LogP contribution in [0.1, 0.15) is 22.6 Å². The summed E-state index contributed by atoms with van der Waals surface area (Å²) in [6, 6.07) is 1.56. The van der Waals surface area contributed by atoms with E-state index in [9.17, 15) is 9.59 Å². The summed E-state index contributed by atoms with van der Waals surface area (Å²) in [6.07, 6.45) is 6.29. The molecule has 2 aromatic rings. The summed E-state index contributed by atoms with van der Waals surface area (Å²) in [5, 5.41) is 5.32. The highest BCUT2D eigenvalue weighted by Gasteiger charge is 2.07. The molecule has 2 rings (SSSR count). The predicted molar refractivity (Wildman–Crippen MR) is 66.1 cm³/mol. The molecular weight excluding hydrogens is 248 g/mol. The predicted octanol–water partition coefficient (Wildman–Crippen LogP) is 0.439. The maximum Gasteiger partial charge on any atom is 0.254 e. The number of aromatic nitrogens is 2. The molecular formula is C12H14N4O3. The van der Waals surface area contributed by atoms with Gasteiger partial charge in [0.15, 0.2) is 0 Å². The number of H-pyrrole nitrogens is 1. The molecule has 0 aliphatic rings. The van der Waals surface area contributed by atoms with E-state index in [1.807, 2.05) is 0 Å². The number of aromatic amines is 1. The molecule has 0 aliphatic heterocycles. The molecule has 2 amide bonds. The van der Waals surface area contributed by atoms with Gasteiger partial charge in [-0.05, 0) is 6.07 Å². The van der Waals surface area contributed by atoms with Crippen molar-refractivity contribution in [3.05, 3.63) is 42.4 Å². The molecule has 19 heavy (non-hydrogen) atoms. The Kier molecular flexibility index (Phi) is 4.33. The zero-order valence-corrected chi connectivity index (χ0v) is 10.2. The van der Waals surface area contributed by atoms with E-state index >= 15 is 0 Å². The van der Waals surface area contributed by atoms with Gasteiger partial charge in [-0.3, -0.25) is 9.59 Å². The van der Waals surface area contributed by atoms with Gasteiger partial charge in [0, 0.05) is 25.4 Å². The molecule has 2 aromatic heterocycles. The number of carbonyl (C=O) groups is 2. The zero-order chi connectivity index (χ0) is 13.5. The van der Waals surface area contributed by atoms with Crippen molar-refractivity contribution in [2.24, 2.45) is 0 Å². The van der Waals surface area contributed by atoms with Gasteiger partial charge in [0.2, 0.25) is 5.91 Å². The van der Waals surface area contributed by atoms with E-state index in [0.717, 1.165) is 0 Å².